The molecule has 2 amide bonds. The highest BCUT2D eigenvalue weighted by Crippen LogP contribution is 2.28. The zero-order valence-corrected chi connectivity index (χ0v) is 15.9. The van der Waals surface area contributed by atoms with Gasteiger partial charge in [0.1, 0.15) is 0 Å². The molecule has 0 aliphatic rings. The van der Waals surface area contributed by atoms with E-state index in [1.165, 1.54) is 6.08 Å². The maximum Gasteiger partial charge on any atom is 0.269 e. The fourth-order valence-corrected chi connectivity index (χ4v) is 2.30. The monoisotopic (exact) mass is 388 g/mol. The smallest absolute Gasteiger partial charge is 0.269 e. The Labute approximate surface area is 163 Å². The van der Waals surface area contributed by atoms with Crippen molar-refractivity contribution >= 4 is 29.5 Å². The first kappa shape index (κ1) is 20.3. The highest BCUT2D eigenvalue weighted by atomic mass is 35.5. The molecular weight excluding hydrogens is 368 g/mol. The van der Waals surface area contributed by atoms with Gasteiger partial charge in [-0.2, -0.15) is 0 Å². The van der Waals surface area contributed by atoms with Crippen molar-refractivity contribution in [3.8, 4) is 11.5 Å². The molecule has 0 saturated heterocycles. The van der Waals surface area contributed by atoms with E-state index in [9.17, 15) is 9.59 Å². The van der Waals surface area contributed by atoms with E-state index >= 15 is 0 Å². The molecule has 0 aliphatic heterocycles. The van der Waals surface area contributed by atoms with Crippen LogP contribution in [0.15, 0.2) is 48.5 Å². The molecule has 0 bridgehead atoms. The minimum atomic E-state index is -0.468. The van der Waals surface area contributed by atoms with Crippen LogP contribution in [0.4, 0.5) is 0 Å². The van der Waals surface area contributed by atoms with Gasteiger partial charge in [-0.05, 0) is 61.9 Å². The molecule has 2 rings (SSSR count). The number of nitrogens with one attached hydrogen (secondary N) is 2. The van der Waals surface area contributed by atoms with Crippen LogP contribution in [-0.2, 0) is 4.79 Å². The normalized spacial score (nSPS) is 10.5. The van der Waals surface area contributed by atoms with Crippen LogP contribution in [-0.4, -0.2) is 25.0 Å². The number of rotatable bonds is 7. The number of carbonyl (C=O) groups excluding carboxylic acids is 2. The number of halogens is 1. The summed E-state index contributed by atoms with van der Waals surface area (Å²) in [6.07, 6.45) is 2.93. The van der Waals surface area contributed by atoms with Crippen LogP contribution in [0.2, 0.25) is 5.02 Å². The second-order valence-corrected chi connectivity index (χ2v) is 5.79. The van der Waals surface area contributed by atoms with Gasteiger partial charge in [0, 0.05) is 16.7 Å². The zero-order chi connectivity index (χ0) is 19.6. The van der Waals surface area contributed by atoms with E-state index in [1.807, 2.05) is 19.9 Å². The Hall–Kier alpha value is -2.99. The minimum absolute atomic E-state index is 0.386. The molecule has 0 saturated carbocycles. The number of hydrogen-bond acceptors (Lipinski definition) is 4. The topological polar surface area (TPSA) is 76.7 Å². The van der Waals surface area contributed by atoms with Crippen molar-refractivity contribution in [2.75, 3.05) is 13.2 Å². The first-order valence-electron chi connectivity index (χ1n) is 8.47. The van der Waals surface area contributed by atoms with Crippen LogP contribution in [0.25, 0.3) is 6.08 Å². The minimum Gasteiger partial charge on any atom is -0.490 e. The molecule has 0 aliphatic carbocycles. The molecule has 27 heavy (non-hydrogen) atoms. The van der Waals surface area contributed by atoms with Crippen molar-refractivity contribution in [2.24, 2.45) is 0 Å². The summed E-state index contributed by atoms with van der Waals surface area (Å²) in [7, 11) is 0. The molecule has 0 fully saturated rings. The third kappa shape index (κ3) is 6.34. The van der Waals surface area contributed by atoms with Crippen molar-refractivity contribution < 1.29 is 19.1 Å². The highest BCUT2D eigenvalue weighted by Gasteiger charge is 2.07. The maximum absolute atomic E-state index is 11.9. The van der Waals surface area contributed by atoms with E-state index in [2.05, 4.69) is 10.9 Å². The van der Waals surface area contributed by atoms with Crippen LogP contribution >= 0.6 is 11.6 Å². The van der Waals surface area contributed by atoms with E-state index < -0.39 is 11.8 Å². The largest absolute Gasteiger partial charge is 0.490 e. The Kier molecular flexibility index (Phi) is 7.70. The fourth-order valence-electron chi connectivity index (χ4n) is 2.18. The fraction of sp³-hybridized carbons (Fsp3) is 0.200. The Bertz CT molecular complexity index is 819. The molecule has 0 unspecified atom stereocenters. The van der Waals surface area contributed by atoms with Gasteiger partial charge >= 0.3 is 0 Å². The Morgan fingerprint density at radius 2 is 1.63 bits per heavy atom. The van der Waals surface area contributed by atoms with Crippen molar-refractivity contribution in [1.29, 1.82) is 0 Å². The predicted molar refractivity (Wildman–Crippen MR) is 105 cm³/mol. The number of carbonyl (C=O) groups is 2. The second kappa shape index (κ2) is 10.2. The molecule has 0 radical (unpaired) electrons. The number of hydrazine groups is 1. The van der Waals surface area contributed by atoms with Crippen LogP contribution in [0.1, 0.15) is 29.8 Å². The Morgan fingerprint density at radius 3 is 2.30 bits per heavy atom. The van der Waals surface area contributed by atoms with E-state index in [0.29, 0.717) is 35.3 Å². The number of benzene rings is 2. The summed E-state index contributed by atoms with van der Waals surface area (Å²) in [5, 5.41) is 0.528. The Balaban J connectivity index is 1.94. The van der Waals surface area contributed by atoms with Crippen molar-refractivity contribution in [3.63, 3.8) is 0 Å². The van der Waals surface area contributed by atoms with Gasteiger partial charge < -0.3 is 9.47 Å². The highest BCUT2D eigenvalue weighted by molar-refractivity contribution is 6.30. The molecule has 0 aromatic heterocycles. The van der Waals surface area contributed by atoms with Gasteiger partial charge in [0.25, 0.3) is 11.8 Å². The third-order valence-electron chi connectivity index (χ3n) is 3.40. The quantitative estimate of drug-likeness (QED) is 0.561. The molecule has 0 spiro atoms. The molecule has 7 heteroatoms. The van der Waals surface area contributed by atoms with Crippen LogP contribution in [0.5, 0.6) is 11.5 Å². The van der Waals surface area contributed by atoms with Crippen molar-refractivity contribution in [2.45, 2.75) is 13.8 Å². The van der Waals surface area contributed by atoms with Crippen LogP contribution < -0.4 is 20.3 Å². The van der Waals surface area contributed by atoms with Gasteiger partial charge in [-0.1, -0.05) is 17.7 Å². The summed E-state index contributed by atoms with van der Waals surface area (Å²) in [5.74, 6) is 0.353. The first-order chi connectivity index (χ1) is 13.0. The summed E-state index contributed by atoms with van der Waals surface area (Å²) in [6, 6.07) is 11.7. The standard InChI is InChI=1S/C20H21ClN2O4/c1-3-26-17-11-5-14(13-18(17)27-4-2)6-12-19(24)22-23-20(25)15-7-9-16(21)10-8-15/h5-13H,3-4H2,1-2H3,(H,22,24)(H,23,25)/b12-6+. The average Bonchev–Trinajstić information content (AvgIpc) is 2.67. The lowest BCUT2D eigenvalue weighted by atomic mass is 10.2. The molecule has 6 nitrogen and oxygen atoms in total. The Morgan fingerprint density at radius 1 is 0.963 bits per heavy atom. The van der Waals surface area contributed by atoms with Crippen LogP contribution in [0.3, 0.4) is 0 Å². The maximum atomic E-state index is 11.9. The van der Waals surface area contributed by atoms with Crippen molar-refractivity contribution in [3.05, 3.63) is 64.7 Å². The molecule has 2 N–H and O–H groups in total. The molecular formula is C20H21ClN2O4. The van der Waals surface area contributed by atoms with Gasteiger partial charge in [-0.25, -0.2) is 0 Å². The van der Waals surface area contributed by atoms with Gasteiger partial charge in [0.15, 0.2) is 11.5 Å². The SMILES string of the molecule is CCOc1ccc(/C=C/C(=O)NNC(=O)c2ccc(Cl)cc2)cc1OCC. The number of hydrogen-bond donors (Lipinski definition) is 2. The van der Waals surface area contributed by atoms with Gasteiger partial charge in [0.2, 0.25) is 0 Å². The summed E-state index contributed by atoms with van der Waals surface area (Å²) in [4.78, 5) is 23.8. The molecule has 2 aromatic carbocycles. The lowest BCUT2D eigenvalue weighted by molar-refractivity contribution is -0.117. The zero-order valence-electron chi connectivity index (χ0n) is 15.1. The van der Waals surface area contributed by atoms with Crippen molar-refractivity contribution in [1.82, 2.24) is 10.9 Å². The summed E-state index contributed by atoms with van der Waals surface area (Å²) >= 11 is 5.77. The molecule has 2 aromatic rings. The van der Waals surface area contributed by atoms with E-state index in [4.69, 9.17) is 21.1 Å². The third-order valence-corrected chi connectivity index (χ3v) is 3.65. The van der Waals surface area contributed by atoms with E-state index in [1.54, 1.807) is 42.5 Å². The number of amides is 2. The number of ether oxygens (including phenoxy) is 2. The predicted octanol–water partition coefficient (Wildman–Crippen LogP) is 3.61. The van der Waals surface area contributed by atoms with Gasteiger partial charge in [-0.3, -0.25) is 20.4 Å². The molecule has 142 valence electrons. The summed E-state index contributed by atoms with van der Waals surface area (Å²) < 4.78 is 11.0. The lowest BCUT2D eigenvalue weighted by Gasteiger charge is -2.11. The first-order valence-corrected chi connectivity index (χ1v) is 8.85. The van der Waals surface area contributed by atoms with E-state index in [-0.39, 0.29) is 0 Å². The van der Waals surface area contributed by atoms with Crippen LogP contribution in [0, 0.1) is 0 Å². The van der Waals surface area contributed by atoms with E-state index in [0.717, 1.165) is 5.56 Å². The van der Waals surface area contributed by atoms with Gasteiger partial charge in [-0.15, -0.1) is 0 Å². The van der Waals surface area contributed by atoms with Gasteiger partial charge in [0.05, 0.1) is 13.2 Å². The lowest BCUT2D eigenvalue weighted by Crippen LogP contribution is -2.40. The summed E-state index contributed by atoms with van der Waals surface area (Å²) in [6.45, 7) is 4.82. The average molecular weight is 389 g/mol. The molecule has 0 atom stereocenters. The summed E-state index contributed by atoms with van der Waals surface area (Å²) in [5.41, 5.74) is 5.81. The molecule has 0 heterocycles. The second-order valence-electron chi connectivity index (χ2n) is 5.36.